The zero-order chi connectivity index (χ0) is 26.1. The summed E-state index contributed by atoms with van der Waals surface area (Å²) in [7, 11) is 0. The summed E-state index contributed by atoms with van der Waals surface area (Å²) in [6.45, 7) is -0.747. The van der Waals surface area contributed by atoms with Gasteiger partial charge in [-0.25, -0.2) is 0 Å². The molecule has 0 aliphatic heterocycles. The first-order valence-corrected chi connectivity index (χ1v) is 11.7. The molecule has 0 heterocycles. The van der Waals surface area contributed by atoms with Crippen molar-refractivity contribution in [3.8, 4) is 0 Å². The van der Waals surface area contributed by atoms with E-state index in [-0.39, 0.29) is 22.8 Å². The Bertz CT molecular complexity index is 1160. The summed E-state index contributed by atoms with van der Waals surface area (Å²) in [5.74, 6) is -4.80. The van der Waals surface area contributed by atoms with Crippen molar-refractivity contribution in [1.82, 2.24) is 10.6 Å². The zero-order valence-corrected chi connectivity index (χ0v) is 21.1. The molecule has 1 aliphatic carbocycles. The van der Waals surface area contributed by atoms with Crippen LogP contribution in [0.1, 0.15) is 21.8 Å². The number of nitrogens with one attached hydrogen (secondary N) is 3. The van der Waals surface area contributed by atoms with Crippen LogP contribution in [-0.4, -0.2) is 41.3 Å². The van der Waals surface area contributed by atoms with Crippen LogP contribution in [0.3, 0.4) is 0 Å². The summed E-state index contributed by atoms with van der Waals surface area (Å²) >= 11 is 30.8. The van der Waals surface area contributed by atoms with Crippen molar-refractivity contribution >= 4 is 81.4 Å². The Morgan fingerprint density at radius 2 is 1.51 bits per heavy atom. The van der Waals surface area contributed by atoms with Gasteiger partial charge in [0.15, 0.2) is 0 Å². The third kappa shape index (κ3) is 6.65. The number of anilines is 1. The molecule has 0 saturated heterocycles. The molecule has 188 valence electrons. The Morgan fingerprint density at radius 1 is 0.914 bits per heavy atom. The van der Waals surface area contributed by atoms with Crippen LogP contribution >= 0.6 is 58.0 Å². The van der Waals surface area contributed by atoms with E-state index in [0.29, 0.717) is 15.6 Å². The molecule has 0 bridgehead atoms. The van der Waals surface area contributed by atoms with E-state index in [1.54, 1.807) is 17.4 Å². The van der Waals surface area contributed by atoms with Gasteiger partial charge in [0.25, 0.3) is 5.91 Å². The quantitative estimate of drug-likeness (QED) is 0.290. The number of carbonyl (C=O) groups is 3. The molecular formula is C21H15Cl5F3N3O3. The summed E-state index contributed by atoms with van der Waals surface area (Å²) in [4.78, 5) is 36.0. The first-order valence-electron chi connectivity index (χ1n) is 9.79. The van der Waals surface area contributed by atoms with Gasteiger partial charge in [0.05, 0.1) is 16.5 Å². The SMILES string of the molecule is O=C(NCCNC(=O)C(F)(F)F)c1cc(NC(=O)[C@H]2[C@H](c3cc(Cl)cc(Cl)c3)C2(Cl)Cl)ccc1Cl. The molecule has 1 saturated carbocycles. The van der Waals surface area contributed by atoms with Gasteiger partial charge in [-0.05, 0) is 42.0 Å². The van der Waals surface area contributed by atoms with E-state index in [9.17, 15) is 27.6 Å². The summed E-state index contributed by atoms with van der Waals surface area (Å²) in [5.41, 5.74) is 0.735. The average molecular weight is 592 g/mol. The van der Waals surface area contributed by atoms with Crippen LogP contribution in [0.15, 0.2) is 36.4 Å². The maximum Gasteiger partial charge on any atom is 0.471 e. The minimum absolute atomic E-state index is 0.0294. The molecule has 3 N–H and O–H groups in total. The molecule has 35 heavy (non-hydrogen) atoms. The lowest BCUT2D eigenvalue weighted by atomic mass is 10.1. The predicted molar refractivity (Wildman–Crippen MR) is 129 cm³/mol. The van der Waals surface area contributed by atoms with Gasteiger partial charge < -0.3 is 16.0 Å². The number of halogens is 8. The molecule has 1 fully saturated rings. The van der Waals surface area contributed by atoms with E-state index >= 15 is 0 Å². The second kappa shape index (κ2) is 10.6. The van der Waals surface area contributed by atoms with Gasteiger partial charge in [-0.3, -0.25) is 14.4 Å². The Morgan fingerprint density at radius 3 is 2.11 bits per heavy atom. The Labute approximate surface area is 222 Å². The monoisotopic (exact) mass is 589 g/mol. The standard InChI is InChI=1S/C21H15Cl5F3N3O3/c22-10-5-9(6-11(23)7-10)15-16(20(15,25)26)18(34)32-12-1-2-14(24)13(8-12)17(33)30-3-4-31-19(35)21(27,28)29/h1-2,5-8,15-16H,3-4H2,(H,30,33)(H,31,35)(H,32,34)/t15-,16+/m0/s1. The zero-order valence-electron chi connectivity index (χ0n) is 17.3. The van der Waals surface area contributed by atoms with Gasteiger partial charge in [0, 0.05) is 34.7 Å². The fraction of sp³-hybridized carbons (Fsp3) is 0.286. The number of carbonyl (C=O) groups excluding carboxylic acids is 3. The van der Waals surface area contributed by atoms with Crippen molar-refractivity contribution in [2.24, 2.45) is 5.92 Å². The molecule has 0 unspecified atom stereocenters. The van der Waals surface area contributed by atoms with Crippen molar-refractivity contribution in [2.75, 3.05) is 18.4 Å². The molecule has 0 spiro atoms. The molecule has 14 heteroatoms. The lowest BCUT2D eigenvalue weighted by Crippen LogP contribution is -2.41. The molecule has 0 radical (unpaired) electrons. The normalized spacial score (nSPS) is 18.5. The van der Waals surface area contributed by atoms with Crippen molar-refractivity contribution in [3.05, 3.63) is 62.6 Å². The van der Waals surface area contributed by atoms with E-state index in [1.807, 2.05) is 0 Å². The van der Waals surface area contributed by atoms with Gasteiger partial charge in [-0.1, -0.05) is 34.8 Å². The van der Waals surface area contributed by atoms with Crippen LogP contribution in [0.25, 0.3) is 0 Å². The second-order valence-electron chi connectivity index (χ2n) is 7.53. The van der Waals surface area contributed by atoms with Crippen LogP contribution < -0.4 is 16.0 Å². The maximum absolute atomic E-state index is 12.9. The molecule has 1 aliphatic rings. The van der Waals surface area contributed by atoms with E-state index in [1.165, 1.54) is 24.3 Å². The predicted octanol–water partition coefficient (Wildman–Crippen LogP) is 5.58. The van der Waals surface area contributed by atoms with Gasteiger partial charge >= 0.3 is 12.1 Å². The minimum Gasteiger partial charge on any atom is -0.350 e. The van der Waals surface area contributed by atoms with Gasteiger partial charge in [0.2, 0.25) is 5.91 Å². The minimum atomic E-state index is -5.02. The van der Waals surface area contributed by atoms with E-state index in [2.05, 4.69) is 10.6 Å². The molecule has 6 nitrogen and oxygen atoms in total. The Hall–Kier alpha value is -1.91. The first-order chi connectivity index (χ1) is 16.2. The number of benzene rings is 2. The largest absolute Gasteiger partial charge is 0.471 e. The molecule has 2 aromatic carbocycles. The van der Waals surface area contributed by atoms with Crippen molar-refractivity contribution in [2.45, 2.75) is 16.4 Å². The maximum atomic E-state index is 12.9. The lowest BCUT2D eigenvalue weighted by molar-refractivity contribution is -0.173. The molecule has 3 amide bonds. The third-order valence-corrected chi connectivity index (χ3v) is 6.72. The van der Waals surface area contributed by atoms with Gasteiger partial charge in [-0.2, -0.15) is 13.2 Å². The number of amides is 3. The van der Waals surface area contributed by atoms with Gasteiger partial charge in [-0.15, -0.1) is 23.2 Å². The highest BCUT2D eigenvalue weighted by Crippen LogP contribution is 2.65. The van der Waals surface area contributed by atoms with Crippen LogP contribution in [0, 0.1) is 5.92 Å². The summed E-state index contributed by atoms with van der Waals surface area (Å²) in [5, 5.41) is 7.31. The van der Waals surface area contributed by atoms with Crippen LogP contribution in [-0.2, 0) is 9.59 Å². The van der Waals surface area contributed by atoms with E-state index in [0.717, 1.165) is 0 Å². The highest BCUT2D eigenvalue weighted by molar-refractivity contribution is 6.53. The Kier molecular flexibility index (Phi) is 8.38. The summed E-state index contributed by atoms with van der Waals surface area (Å²) in [6.07, 6.45) is -5.02. The number of hydrogen-bond donors (Lipinski definition) is 3. The van der Waals surface area contributed by atoms with Crippen LogP contribution in [0.4, 0.5) is 18.9 Å². The lowest BCUT2D eigenvalue weighted by Gasteiger charge is -2.11. The van der Waals surface area contributed by atoms with E-state index < -0.39 is 46.6 Å². The molecule has 0 aromatic heterocycles. The fourth-order valence-electron chi connectivity index (χ4n) is 3.37. The van der Waals surface area contributed by atoms with Crippen LogP contribution in [0.5, 0.6) is 0 Å². The fourth-order valence-corrected chi connectivity index (χ4v) is 4.94. The number of alkyl halides is 5. The van der Waals surface area contributed by atoms with Gasteiger partial charge in [0.1, 0.15) is 4.33 Å². The number of rotatable bonds is 7. The summed E-state index contributed by atoms with van der Waals surface area (Å²) in [6, 6.07) is 8.81. The molecule has 3 rings (SSSR count). The molecular weight excluding hydrogens is 577 g/mol. The van der Waals surface area contributed by atoms with Crippen molar-refractivity contribution in [1.29, 1.82) is 0 Å². The van der Waals surface area contributed by atoms with Crippen molar-refractivity contribution < 1.29 is 27.6 Å². The van der Waals surface area contributed by atoms with E-state index in [4.69, 9.17) is 58.0 Å². The smallest absolute Gasteiger partial charge is 0.350 e. The third-order valence-electron chi connectivity index (χ3n) is 5.01. The number of hydrogen-bond acceptors (Lipinski definition) is 3. The highest BCUT2D eigenvalue weighted by Gasteiger charge is 2.67. The summed E-state index contributed by atoms with van der Waals surface area (Å²) < 4.78 is 35.2. The highest BCUT2D eigenvalue weighted by atomic mass is 35.5. The first kappa shape index (κ1) is 27.7. The topological polar surface area (TPSA) is 87.3 Å². The second-order valence-corrected chi connectivity index (χ2v) is 10.3. The average Bonchev–Trinajstić information content (AvgIpc) is 3.33. The van der Waals surface area contributed by atoms with Crippen LogP contribution in [0.2, 0.25) is 15.1 Å². The van der Waals surface area contributed by atoms with Crippen molar-refractivity contribution in [3.63, 3.8) is 0 Å². The molecule has 2 aromatic rings. The Balaban J connectivity index is 1.64. The molecule has 2 atom stereocenters.